The van der Waals surface area contributed by atoms with Crippen LogP contribution in [0.1, 0.15) is 17.3 Å². The van der Waals surface area contributed by atoms with Crippen LogP contribution in [-0.4, -0.2) is 17.0 Å². The summed E-state index contributed by atoms with van der Waals surface area (Å²) in [5.41, 5.74) is 0.276. The summed E-state index contributed by atoms with van der Waals surface area (Å²) < 4.78 is 0. The van der Waals surface area contributed by atoms with Crippen molar-refractivity contribution in [2.75, 3.05) is 5.32 Å². The molecule has 1 aromatic carbocycles. The summed E-state index contributed by atoms with van der Waals surface area (Å²) >= 11 is 5.79. The Balaban J connectivity index is 3.01. The number of carboxylic acids is 1. The van der Waals surface area contributed by atoms with Crippen molar-refractivity contribution in [3.05, 3.63) is 28.8 Å². The number of anilines is 1. The highest BCUT2D eigenvalue weighted by Crippen LogP contribution is 2.22. The van der Waals surface area contributed by atoms with Crippen molar-refractivity contribution in [2.45, 2.75) is 6.92 Å². The fourth-order valence-electron chi connectivity index (χ4n) is 1.02. The molecule has 0 aliphatic heterocycles. The van der Waals surface area contributed by atoms with E-state index in [0.29, 0.717) is 0 Å². The molecule has 0 saturated carbocycles. The van der Waals surface area contributed by atoms with Crippen LogP contribution in [0.15, 0.2) is 18.2 Å². The molecule has 0 aromatic heterocycles. The summed E-state index contributed by atoms with van der Waals surface area (Å²) in [5, 5.41) is 11.4. The average Bonchev–Trinajstić information content (AvgIpc) is 2.21. The molecule has 0 radical (unpaired) electrons. The third kappa shape index (κ3) is 3.01. The smallest absolute Gasteiger partial charge is 0.335 e. The predicted molar refractivity (Wildman–Crippen MR) is 60.5 cm³/mol. The van der Waals surface area contributed by atoms with Crippen molar-refractivity contribution >= 4 is 29.2 Å². The number of carboxylic acid groups (broad SMARTS) is 1. The van der Waals surface area contributed by atoms with Crippen LogP contribution in [0.5, 0.6) is 0 Å². The lowest BCUT2D eigenvalue weighted by Gasteiger charge is -2.04. The van der Waals surface area contributed by atoms with E-state index in [1.54, 1.807) is 0 Å². The van der Waals surface area contributed by atoms with Crippen LogP contribution in [0, 0.1) is 11.8 Å². The lowest BCUT2D eigenvalue weighted by molar-refractivity contribution is -0.111. The molecule has 1 aromatic rings. The van der Waals surface area contributed by atoms with Gasteiger partial charge in [-0.3, -0.25) is 4.79 Å². The highest BCUT2D eigenvalue weighted by atomic mass is 35.5. The van der Waals surface area contributed by atoms with E-state index in [0.717, 1.165) is 0 Å². The molecule has 0 atom stereocenters. The second-order valence-corrected chi connectivity index (χ2v) is 3.24. The fraction of sp³-hybridized carbons (Fsp3) is 0.0909. The number of rotatable bonds is 2. The molecule has 1 amide bonds. The molecule has 2 N–H and O–H groups in total. The van der Waals surface area contributed by atoms with Crippen LogP contribution in [0.2, 0.25) is 5.02 Å². The standard InChI is InChI=1S/C11H8ClNO3/c1-2-3-10(14)13-9-6-7(11(15)16)4-5-8(9)12/h4-6H,1H3,(H,13,14)(H,15,16). The minimum Gasteiger partial charge on any atom is -0.478 e. The summed E-state index contributed by atoms with van der Waals surface area (Å²) in [6.45, 7) is 1.52. The number of hydrogen-bond acceptors (Lipinski definition) is 2. The van der Waals surface area contributed by atoms with Gasteiger partial charge in [0.25, 0.3) is 5.91 Å². The van der Waals surface area contributed by atoms with Crippen LogP contribution in [0.25, 0.3) is 0 Å². The van der Waals surface area contributed by atoms with E-state index >= 15 is 0 Å². The topological polar surface area (TPSA) is 66.4 Å². The van der Waals surface area contributed by atoms with Crippen molar-refractivity contribution in [1.82, 2.24) is 0 Å². The van der Waals surface area contributed by atoms with E-state index in [2.05, 4.69) is 17.2 Å². The molecular weight excluding hydrogens is 230 g/mol. The summed E-state index contributed by atoms with van der Waals surface area (Å²) in [6.07, 6.45) is 0. The Labute approximate surface area is 97.2 Å². The van der Waals surface area contributed by atoms with Gasteiger partial charge in [-0.2, -0.15) is 0 Å². The van der Waals surface area contributed by atoms with Gasteiger partial charge in [-0.05, 0) is 31.0 Å². The highest BCUT2D eigenvalue weighted by molar-refractivity contribution is 6.34. The third-order valence-electron chi connectivity index (χ3n) is 1.70. The monoisotopic (exact) mass is 237 g/mol. The van der Waals surface area contributed by atoms with Gasteiger partial charge in [0.2, 0.25) is 0 Å². The van der Waals surface area contributed by atoms with Crippen molar-refractivity contribution < 1.29 is 14.7 Å². The van der Waals surface area contributed by atoms with Gasteiger partial charge in [0, 0.05) is 0 Å². The maximum absolute atomic E-state index is 11.2. The first kappa shape index (κ1) is 12.1. The van der Waals surface area contributed by atoms with Crippen LogP contribution < -0.4 is 5.32 Å². The molecule has 0 bridgehead atoms. The van der Waals surface area contributed by atoms with Gasteiger partial charge in [0.05, 0.1) is 16.3 Å². The molecule has 5 heteroatoms. The Morgan fingerprint density at radius 3 is 2.69 bits per heavy atom. The molecular formula is C11H8ClNO3. The molecule has 0 aliphatic carbocycles. The zero-order valence-corrected chi connectivity index (χ0v) is 9.13. The third-order valence-corrected chi connectivity index (χ3v) is 2.03. The second kappa shape index (κ2) is 5.19. The maximum Gasteiger partial charge on any atom is 0.335 e. The molecule has 0 aliphatic rings. The SMILES string of the molecule is CC#CC(=O)Nc1cc(C(=O)O)ccc1Cl. The van der Waals surface area contributed by atoms with E-state index in [4.69, 9.17) is 16.7 Å². The summed E-state index contributed by atoms with van der Waals surface area (Å²) in [7, 11) is 0. The van der Waals surface area contributed by atoms with E-state index in [1.807, 2.05) is 0 Å². The highest BCUT2D eigenvalue weighted by Gasteiger charge is 2.08. The minimum atomic E-state index is -1.09. The van der Waals surface area contributed by atoms with Crippen LogP contribution >= 0.6 is 11.6 Å². The van der Waals surface area contributed by atoms with Crippen LogP contribution in [0.3, 0.4) is 0 Å². The normalized spacial score (nSPS) is 8.88. The molecule has 0 heterocycles. The maximum atomic E-state index is 11.2. The Morgan fingerprint density at radius 2 is 2.12 bits per heavy atom. The molecule has 1 rings (SSSR count). The Bertz CT molecular complexity index is 500. The molecule has 0 unspecified atom stereocenters. The number of carbonyl (C=O) groups excluding carboxylic acids is 1. The first-order valence-electron chi connectivity index (χ1n) is 4.31. The largest absolute Gasteiger partial charge is 0.478 e. The predicted octanol–water partition coefficient (Wildman–Crippen LogP) is 2.00. The lowest BCUT2D eigenvalue weighted by Crippen LogP contribution is -2.09. The number of hydrogen-bond donors (Lipinski definition) is 2. The van der Waals surface area contributed by atoms with E-state index in [9.17, 15) is 9.59 Å². The van der Waals surface area contributed by atoms with Gasteiger partial charge in [-0.1, -0.05) is 17.5 Å². The van der Waals surface area contributed by atoms with Crippen molar-refractivity contribution in [3.63, 3.8) is 0 Å². The number of aromatic carboxylic acids is 1. The molecule has 82 valence electrons. The molecule has 0 fully saturated rings. The zero-order chi connectivity index (χ0) is 12.1. The second-order valence-electron chi connectivity index (χ2n) is 2.83. The van der Waals surface area contributed by atoms with Crippen LogP contribution in [-0.2, 0) is 4.79 Å². The summed E-state index contributed by atoms with van der Waals surface area (Å²) in [5.74, 6) is 3.06. The van der Waals surface area contributed by atoms with Gasteiger partial charge in [0.1, 0.15) is 0 Å². The van der Waals surface area contributed by atoms with Gasteiger partial charge in [-0.25, -0.2) is 4.79 Å². The first-order chi connectivity index (χ1) is 7.54. The fourth-order valence-corrected chi connectivity index (χ4v) is 1.19. The lowest BCUT2D eigenvalue weighted by atomic mass is 10.2. The number of benzene rings is 1. The van der Waals surface area contributed by atoms with Crippen molar-refractivity contribution in [1.29, 1.82) is 0 Å². The molecule has 4 nitrogen and oxygen atoms in total. The number of nitrogens with one attached hydrogen (secondary N) is 1. The zero-order valence-electron chi connectivity index (χ0n) is 8.37. The van der Waals surface area contributed by atoms with E-state index in [-0.39, 0.29) is 16.3 Å². The van der Waals surface area contributed by atoms with E-state index < -0.39 is 11.9 Å². The van der Waals surface area contributed by atoms with Crippen LogP contribution in [0.4, 0.5) is 5.69 Å². The van der Waals surface area contributed by atoms with Crippen molar-refractivity contribution in [3.8, 4) is 11.8 Å². The average molecular weight is 238 g/mol. The Hall–Kier alpha value is -1.99. The Kier molecular flexibility index (Phi) is 3.92. The van der Waals surface area contributed by atoms with Gasteiger partial charge in [0.15, 0.2) is 0 Å². The van der Waals surface area contributed by atoms with Crippen molar-refractivity contribution in [2.24, 2.45) is 0 Å². The quantitative estimate of drug-likeness (QED) is 0.773. The Morgan fingerprint density at radius 1 is 1.44 bits per heavy atom. The minimum absolute atomic E-state index is 0.0455. The van der Waals surface area contributed by atoms with E-state index in [1.165, 1.54) is 25.1 Å². The number of carbonyl (C=O) groups is 2. The van der Waals surface area contributed by atoms with Gasteiger partial charge in [-0.15, -0.1) is 0 Å². The first-order valence-corrected chi connectivity index (χ1v) is 4.69. The molecule has 0 spiro atoms. The molecule has 0 saturated heterocycles. The summed E-state index contributed by atoms with van der Waals surface area (Å²) in [4.78, 5) is 21.8. The molecule has 16 heavy (non-hydrogen) atoms. The van der Waals surface area contributed by atoms with Gasteiger partial charge >= 0.3 is 5.97 Å². The number of halogens is 1. The van der Waals surface area contributed by atoms with Gasteiger partial charge < -0.3 is 10.4 Å². The summed E-state index contributed by atoms with van der Waals surface area (Å²) in [6, 6.07) is 4.03. The number of amides is 1.